The fraction of sp³-hybridized carbons (Fsp3) is 0.529. The predicted molar refractivity (Wildman–Crippen MR) is 94.4 cm³/mol. The average Bonchev–Trinajstić information content (AvgIpc) is 2.65. The number of aliphatic carboxylic acids is 1. The number of carboxylic acids is 1. The van der Waals surface area contributed by atoms with Crippen LogP contribution in [0.5, 0.6) is 5.75 Å². The van der Waals surface area contributed by atoms with E-state index in [1.54, 1.807) is 19.2 Å². The van der Waals surface area contributed by atoms with Crippen molar-refractivity contribution in [3.63, 3.8) is 0 Å². The molecule has 1 aromatic carbocycles. The molecule has 1 saturated heterocycles. The van der Waals surface area contributed by atoms with Crippen molar-refractivity contribution in [3.05, 3.63) is 24.3 Å². The first kappa shape index (κ1) is 20.2. The Morgan fingerprint density at radius 2 is 1.81 bits per heavy atom. The first-order valence-electron chi connectivity index (χ1n) is 8.36. The highest BCUT2D eigenvalue weighted by Crippen LogP contribution is 2.26. The number of hydrogen-bond acceptors (Lipinski definition) is 5. The normalized spacial score (nSPS) is 16.2. The van der Waals surface area contributed by atoms with E-state index in [0.717, 1.165) is 0 Å². The summed E-state index contributed by atoms with van der Waals surface area (Å²) in [6.45, 7) is 0.674. The number of carbonyl (C=O) groups is 2. The molecule has 0 bridgehead atoms. The predicted octanol–water partition coefficient (Wildman–Crippen LogP) is 1.03. The lowest BCUT2D eigenvalue weighted by Crippen LogP contribution is -2.43. The summed E-state index contributed by atoms with van der Waals surface area (Å²) in [6, 6.07) is 6.21. The van der Waals surface area contributed by atoms with Gasteiger partial charge in [-0.1, -0.05) is 0 Å². The number of amides is 1. The summed E-state index contributed by atoms with van der Waals surface area (Å²) >= 11 is 0. The fourth-order valence-corrected chi connectivity index (χ4v) is 4.39. The second-order valence-corrected chi connectivity index (χ2v) is 8.20. The largest absolute Gasteiger partial charge is 0.497 e. The molecular formula is C17H24N2O6S. The molecule has 0 aromatic heterocycles. The number of carboxylic acid groups (broad SMARTS) is 1. The molecule has 1 heterocycles. The zero-order valence-electron chi connectivity index (χ0n) is 14.9. The number of sulfonamides is 1. The van der Waals surface area contributed by atoms with Crippen molar-refractivity contribution in [2.24, 2.45) is 5.92 Å². The zero-order chi connectivity index (χ0) is 19.3. The number of benzene rings is 1. The van der Waals surface area contributed by atoms with Crippen LogP contribution in [0.1, 0.15) is 19.3 Å². The van der Waals surface area contributed by atoms with Gasteiger partial charge < -0.3 is 14.7 Å². The first-order chi connectivity index (χ1) is 12.3. The van der Waals surface area contributed by atoms with Gasteiger partial charge in [-0.05, 0) is 37.1 Å². The summed E-state index contributed by atoms with van der Waals surface area (Å²) in [4.78, 5) is 24.6. The van der Waals surface area contributed by atoms with E-state index in [1.807, 2.05) is 0 Å². The molecule has 0 spiro atoms. The van der Waals surface area contributed by atoms with Crippen LogP contribution in [0.15, 0.2) is 29.2 Å². The third-order valence-corrected chi connectivity index (χ3v) is 6.45. The molecule has 1 amide bonds. The van der Waals surface area contributed by atoms with Crippen LogP contribution in [0.2, 0.25) is 0 Å². The molecule has 2 rings (SSSR count). The molecule has 1 aromatic rings. The molecule has 144 valence electrons. The standard InChI is InChI=1S/C17H24N2O6S/c1-18(10-9-16(20)21)17(22)13-7-11-19(12-8-13)26(23,24)15-5-3-14(25-2)4-6-15/h3-6,13H,7-12H2,1-2H3,(H,20,21). The Balaban J connectivity index is 1.96. The molecule has 1 N–H and O–H groups in total. The van der Waals surface area contributed by atoms with Crippen molar-refractivity contribution < 1.29 is 27.9 Å². The van der Waals surface area contributed by atoms with Crippen molar-refractivity contribution in [2.75, 3.05) is 33.8 Å². The quantitative estimate of drug-likeness (QED) is 0.753. The van der Waals surface area contributed by atoms with Gasteiger partial charge in [-0.25, -0.2) is 8.42 Å². The van der Waals surface area contributed by atoms with Gasteiger partial charge in [0, 0.05) is 32.6 Å². The molecule has 1 aliphatic rings. The third-order valence-electron chi connectivity index (χ3n) is 4.54. The van der Waals surface area contributed by atoms with Gasteiger partial charge in [0.15, 0.2) is 0 Å². The molecule has 0 atom stereocenters. The molecule has 0 aliphatic carbocycles. The molecule has 1 aliphatic heterocycles. The van der Waals surface area contributed by atoms with Crippen LogP contribution < -0.4 is 4.74 Å². The molecule has 0 radical (unpaired) electrons. The van der Waals surface area contributed by atoms with Crippen LogP contribution in [0.3, 0.4) is 0 Å². The lowest BCUT2D eigenvalue weighted by molar-refractivity contribution is -0.139. The minimum absolute atomic E-state index is 0.104. The van der Waals surface area contributed by atoms with E-state index < -0.39 is 16.0 Å². The lowest BCUT2D eigenvalue weighted by Gasteiger charge is -2.32. The number of hydrogen-bond donors (Lipinski definition) is 1. The van der Waals surface area contributed by atoms with Crippen molar-refractivity contribution >= 4 is 21.9 Å². The maximum Gasteiger partial charge on any atom is 0.305 e. The van der Waals surface area contributed by atoms with E-state index in [0.29, 0.717) is 18.6 Å². The Morgan fingerprint density at radius 3 is 2.31 bits per heavy atom. The van der Waals surface area contributed by atoms with E-state index in [4.69, 9.17) is 9.84 Å². The topological polar surface area (TPSA) is 104 Å². The Bertz CT molecular complexity index is 739. The van der Waals surface area contributed by atoms with E-state index in [9.17, 15) is 18.0 Å². The highest BCUT2D eigenvalue weighted by molar-refractivity contribution is 7.89. The lowest BCUT2D eigenvalue weighted by atomic mass is 9.96. The molecule has 1 fully saturated rings. The van der Waals surface area contributed by atoms with Gasteiger partial charge >= 0.3 is 5.97 Å². The van der Waals surface area contributed by atoms with Gasteiger partial charge in [-0.2, -0.15) is 4.31 Å². The summed E-state index contributed by atoms with van der Waals surface area (Å²) in [5.41, 5.74) is 0. The molecule has 26 heavy (non-hydrogen) atoms. The number of methoxy groups -OCH3 is 1. The molecule has 0 unspecified atom stereocenters. The SMILES string of the molecule is COc1ccc(S(=O)(=O)N2CCC(C(=O)N(C)CCC(=O)O)CC2)cc1. The minimum atomic E-state index is -3.60. The van der Waals surface area contributed by atoms with Gasteiger partial charge in [-0.15, -0.1) is 0 Å². The second-order valence-electron chi connectivity index (χ2n) is 6.26. The van der Waals surface area contributed by atoms with E-state index in [1.165, 1.54) is 28.4 Å². The van der Waals surface area contributed by atoms with Crippen LogP contribution >= 0.6 is 0 Å². The smallest absolute Gasteiger partial charge is 0.305 e. The highest BCUT2D eigenvalue weighted by Gasteiger charge is 2.33. The Labute approximate surface area is 153 Å². The number of ether oxygens (including phenoxy) is 1. The highest BCUT2D eigenvalue weighted by atomic mass is 32.2. The summed E-state index contributed by atoms with van der Waals surface area (Å²) in [5.74, 6) is -0.786. The van der Waals surface area contributed by atoms with Gasteiger partial charge in [-0.3, -0.25) is 9.59 Å². The monoisotopic (exact) mass is 384 g/mol. The maximum atomic E-state index is 12.7. The van der Waals surface area contributed by atoms with Crippen LogP contribution in [0.25, 0.3) is 0 Å². The second kappa shape index (κ2) is 8.50. The van der Waals surface area contributed by atoms with Crippen LogP contribution in [-0.2, 0) is 19.6 Å². The van der Waals surface area contributed by atoms with Crippen molar-refractivity contribution in [2.45, 2.75) is 24.2 Å². The minimum Gasteiger partial charge on any atom is -0.497 e. The maximum absolute atomic E-state index is 12.7. The number of carbonyl (C=O) groups excluding carboxylic acids is 1. The Hall–Kier alpha value is -2.13. The third kappa shape index (κ3) is 4.73. The number of rotatable bonds is 7. The first-order valence-corrected chi connectivity index (χ1v) is 9.80. The van der Waals surface area contributed by atoms with Crippen LogP contribution in [0, 0.1) is 5.92 Å². The van der Waals surface area contributed by atoms with Crippen molar-refractivity contribution in [1.82, 2.24) is 9.21 Å². The fourth-order valence-electron chi connectivity index (χ4n) is 2.93. The summed E-state index contributed by atoms with van der Waals surface area (Å²) in [7, 11) is -0.515. The molecule has 9 heteroatoms. The van der Waals surface area contributed by atoms with Crippen LogP contribution in [-0.4, -0.2) is 68.4 Å². The van der Waals surface area contributed by atoms with E-state index in [2.05, 4.69) is 0 Å². The number of nitrogens with zero attached hydrogens (tertiary/aromatic N) is 2. The van der Waals surface area contributed by atoms with Crippen molar-refractivity contribution in [1.29, 1.82) is 0 Å². The molecule has 8 nitrogen and oxygen atoms in total. The Morgan fingerprint density at radius 1 is 1.23 bits per heavy atom. The van der Waals surface area contributed by atoms with Gasteiger partial charge in [0.25, 0.3) is 0 Å². The number of piperidine rings is 1. The average molecular weight is 384 g/mol. The van der Waals surface area contributed by atoms with Gasteiger partial charge in [0.2, 0.25) is 15.9 Å². The zero-order valence-corrected chi connectivity index (χ0v) is 15.7. The molecule has 0 saturated carbocycles. The van der Waals surface area contributed by atoms with Gasteiger partial charge in [0.05, 0.1) is 18.4 Å². The Kier molecular flexibility index (Phi) is 6.60. The van der Waals surface area contributed by atoms with Gasteiger partial charge in [0.1, 0.15) is 5.75 Å². The summed E-state index contributed by atoms with van der Waals surface area (Å²) < 4.78 is 31.8. The van der Waals surface area contributed by atoms with Crippen molar-refractivity contribution in [3.8, 4) is 5.75 Å². The van der Waals surface area contributed by atoms with E-state index in [-0.39, 0.29) is 42.8 Å². The van der Waals surface area contributed by atoms with Crippen LogP contribution in [0.4, 0.5) is 0 Å². The molecular weight excluding hydrogens is 360 g/mol. The summed E-state index contributed by atoms with van der Waals surface area (Å²) in [5, 5.41) is 8.70. The summed E-state index contributed by atoms with van der Waals surface area (Å²) in [6.07, 6.45) is 0.740. The van der Waals surface area contributed by atoms with E-state index >= 15 is 0 Å².